The molecule has 8 atom stereocenters. The monoisotopic (exact) mass is 516 g/mol. The Balaban J connectivity index is 1.40. The maximum atomic E-state index is 7.24. The molecule has 4 heteroatoms. The maximum absolute atomic E-state index is 7.24. The first-order valence-electron chi connectivity index (χ1n) is 15.3. The van der Waals surface area contributed by atoms with Crippen LogP contribution >= 0.6 is 0 Å². The Morgan fingerprint density at radius 3 is 2.31 bits per heavy atom. The topological polar surface area (TPSA) is 31.0 Å². The highest BCUT2D eigenvalue weighted by Crippen LogP contribution is 2.67. The van der Waals surface area contributed by atoms with E-state index in [9.17, 15) is 0 Å². The Morgan fingerprint density at radius 1 is 1.00 bits per heavy atom. The quantitative estimate of drug-likeness (QED) is 0.153. The molecule has 206 valence electrons. The summed E-state index contributed by atoms with van der Waals surface area (Å²) in [6.45, 7) is 24.5. The molecule has 2 unspecified atom stereocenters. The van der Waals surface area contributed by atoms with E-state index in [2.05, 4.69) is 74.6 Å². The second-order valence-electron chi connectivity index (χ2n) is 16.0. The fourth-order valence-electron chi connectivity index (χ4n) is 9.04. The molecule has 0 amide bonds. The molecular weight excluding hydrogens is 460 g/mol. The maximum Gasteiger partial charge on any atom is 0.195 e. The lowest BCUT2D eigenvalue weighted by molar-refractivity contribution is -0.216. The smallest absolute Gasteiger partial charge is 0.195 e. The van der Waals surface area contributed by atoms with E-state index in [4.69, 9.17) is 13.9 Å². The molecule has 3 saturated carbocycles. The Bertz CT molecular complexity index is 886. The van der Waals surface area contributed by atoms with Crippen LogP contribution in [-0.4, -0.2) is 32.4 Å². The van der Waals surface area contributed by atoms with Gasteiger partial charge in [-0.2, -0.15) is 0 Å². The number of hydrogen-bond donors (Lipinski definition) is 0. The van der Waals surface area contributed by atoms with Gasteiger partial charge in [0, 0.05) is 12.8 Å². The average molecular weight is 517 g/mol. The minimum absolute atomic E-state index is 0.0505. The summed E-state index contributed by atoms with van der Waals surface area (Å²) in [5, 5.41) is 0.164. The average Bonchev–Trinajstić information content (AvgIpc) is 3.24. The highest BCUT2D eigenvalue weighted by Gasteiger charge is 2.61. The molecule has 5 aliphatic rings. The van der Waals surface area contributed by atoms with Crippen LogP contribution in [0.3, 0.4) is 0 Å². The van der Waals surface area contributed by atoms with E-state index < -0.39 is 14.1 Å². The first-order valence-corrected chi connectivity index (χ1v) is 18.2. The molecule has 5 rings (SSSR count). The minimum atomic E-state index is -2.00. The van der Waals surface area contributed by atoms with Crippen LogP contribution in [0, 0.1) is 34.5 Å². The van der Waals surface area contributed by atoms with Gasteiger partial charge in [0.2, 0.25) is 0 Å². The van der Waals surface area contributed by atoms with Gasteiger partial charge in [0.05, 0.1) is 12.2 Å². The normalized spacial score (nSPS) is 45.9. The second kappa shape index (κ2) is 8.67. The van der Waals surface area contributed by atoms with Gasteiger partial charge < -0.3 is 13.9 Å². The van der Waals surface area contributed by atoms with Gasteiger partial charge in [-0.1, -0.05) is 59.6 Å². The molecule has 3 nitrogen and oxygen atoms in total. The number of epoxide rings is 1. The van der Waals surface area contributed by atoms with Crippen LogP contribution in [0.25, 0.3) is 0 Å². The predicted molar refractivity (Wildman–Crippen MR) is 151 cm³/mol. The largest absolute Gasteiger partial charge is 0.390 e. The van der Waals surface area contributed by atoms with Crippen molar-refractivity contribution in [3.63, 3.8) is 0 Å². The zero-order valence-electron chi connectivity index (χ0n) is 25.3. The molecule has 1 aliphatic heterocycles. The summed E-state index contributed by atoms with van der Waals surface area (Å²) in [5.74, 6) is 3.09. The Kier molecular flexibility index (Phi) is 6.60. The first kappa shape index (κ1) is 27.4. The molecule has 4 fully saturated rings. The van der Waals surface area contributed by atoms with Gasteiger partial charge in [0.15, 0.2) is 14.1 Å². The third-order valence-electron chi connectivity index (χ3n) is 12.7. The number of allylic oxidation sites excluding steroid dienone is 1. The summed E-state index contributed by atoms with van der Waals surface area (Å²) in [6, 6.07) is 0. The van der Waals surface area contributed by atoms with Crippen molar-refractivity contribution in [2.24, 2.45) is 34.5 Å². The highest BCUT2D eigenvalue weighted by atomic mass is 28.4. The molecule has 0 aromatic heterocycles. The fraction of sp³-hybridized carbons (Fsp3) is 0.938. The molecular formula is C32H56O3Si. The first-order chi connectivity index (χ1) is 16.6. The standard InChI is InChI=1S/C32H56O3Si/c1-11-22-13-15-25-24-14-12-23-20-32(33-21-27-29(5,6)34-27,35-36(9,10)28(2,3)4)19-18-31(23,8)26(24)16-17-30(22,25)7/h12,22,24-27H,11,13-21H2,1-10H3/t22-,24-,25-,26-,27?,30+,31-,32?/m0/s1. The number of fused-ring (bicyclic) bond motifs is 5. The Hall–Kier alpha value is -0.163. The summed E-state index contributed by atoms with van der Waals surface area (Å²) in [6.07, 6.45) is 14.5. The fourth-order valence-corrected chi connectivity index (χ4v) is 10.5. The van der Waals surface area contributed by atoms with Crippen molar-refractivity contribution in [2.45, 2.75) is 149 Å². The summed E-state index contributed by atoms with van der Waals surface area (Å²) < 4.78 is 20.0. The summed E-state index contributed by atoms with van der Waals surface area (Å²) in [7, 11) is -2.00. The van der Waals surface area contributed by atoms with Gasteiger partial charge in [-0.05, 0) is 105 Å². The summed E-state index contributed by atoms with van der Waals surface area (Å²) in [5.41, 5.74) is 2.50. The van der Waals surface area contributed by atoms with Crippen molar-refractivity contribution >= 4 is 8.32 Å². The molecule has 0 aromatic rings. The minimum Gasteiger partial charge on any atom is -0.390 e. The summed E-state index contributed by atoms with van der Waals surface area (Å²) in [4.78, 5) is 0. The predicted octanol–water partition coefficient (Wildman–Crippen LogP) is 8.89. The van der Waals surface area contributed by atoms with Crippen LogP contribution in [0.1, 0.15) is 113 Å². The molecule has 1 heterocycles. The van der Waals surface area contributed by atoms with Crippen LogP contribution in [0.15, 0.2) is 11.6 Å². The van der Waals surface area contributed by atoms with Gasteiger partial charge in [-0.25, -0.2) is 0 Å². The molecule has 0 spiro atoms. The molecule has 1 saturated heterocycles. The molecule has 0 N–H and O–H groups in total. The van der Waals surface area contributed by atoms with Crippen molar-refractivity contribution in [2.75, 3.05) is 6.61 Å². The van der Waals surface area contributed by atoms with E-state index in [1.165, 1.54) is 44.9 Å². The van der Waals surface area contributed by atoms with Gasteiger partial charge in [-0.15, -0.1) is 0 Å². The molecule has 0 bridgehead atoms. The van der Waals surface area contributed by atoms with Crippen molar-refractivity contribution in [3.8, 4) is 0 Å². The Morgan fingerprint density at radius 2 is 1.69 bits per heavy atom. The third-order valence-corrected chi connectivity index (χ3v) is 17.2. The molecule has 0 aromatic carbocycles. The molecule has 36 heavy (non-hydrogen) atoms. The SMILES string of the molecule is CC[C@H]1CC[C@H]2[C@@H]3CC=C4CC(OCC5OC5(C)C)(O[Si](C)(C)C(C)(C)C)CC[C@]4(C)[C@H]3CC[C@]12C. The van der Waals surface area contributed by atoms with Crippen LogP contribution in [-0.2, 0) is 13.9 Å². The van der Waals surface area contributed by atoms with Gasteiger partial charge in [-0.3, -0.25) is 0 Å². The molecule has 0 radical (unpaired) electrons. The lowest BCUT2D eigenvalue weighted by Crippen LogP contribution is -2.57. The van der Waals surface area contributed by atoms with Crippen molar-refractivity contribution in [1.29, 1.82) is 0 Å². The third kappa shape index (κ3) is 4.33. The van der Waals surface area contributed by atoms with Gasteiger partial charge in [0.1, 0.15) is 6.10 Å². The Labute approximate surface area is 223 Å². The van der Waals surface area contributed by atoms with E-state index in [-0.39, 0.29) is 16.7 Å². The van der Waals surface area contributed by atoms with Crippen LogP contribution in [0.5, 0.6) is 0 Å². The molecule has 4 aliphatic carbocycles. The van der Waals surface area contributed by atoms with Crippen LogP contribution in [0.4, 0.5) is 0 Å². The number of hydrogen-bond acceptors (Lipinski definition) is 3. The van der Waals surface area contributed by atoms with E-state index in [0.29, 0.717) is 17.4 Å². The van der Waals surface area contributed by atoms with Crippen LogP contribution < -0.4 is 0 Å². The highest BCUT2D eigenvalue weighted by molar-refractivity contribution is 6.74. The van der Waals surface area contributed by atoms with Gasteiger partial charge in [0.25, 0.3) is 0 Å². The van der Waals surface area contributed by atoms with Crippen molar-refractivity contribution in [1.82, 2.24) is 0 Å². The zero-order valence-corrected chi connectivity index (χ0v) is 26.3. The van der Waals surface area contributed by atoms with Crippen LogP contribution in [0.2, 0.25) is 18.1 Å². The second-order valence-corrected chi connectivity index (χ2v) is 20.7. The van der Waals surface area contributed by atoms with E-state index in [1.54, 1.807) is 5.57 Å². The van der Waals surface area contributed by atoms with E-state index in [1.807, 2.05) is 0 Å². The lowest BCUT2D eigenvalue weighted by Gasteiger charge is -2.60. The van der Waals surface area contributed by atoms with Crippen molar-refractivity contribution in [3.05, 3.63) is 11.6 Å². The van der Waals surface area contributed by atoms with Gasteiger partial charge >= 0.3 is 0 Å². The van der Waals surface area contributed by atoms with E-state index >= 15 is 0 Å². The van der Waals surface area contributed by atoms with E-state index in [0.717, 1.165) is 36.5 Å². The zero-order chi connectivity index (χ0) is 26.4. The van der Waals surface area contributed by atoms with Crippen molar-refractivity contribution < 1.29 is 13.9 Å². The summed E-state index contributed by atoms with van der Waals surface area (Å²) >= 11 is 0. The number of rotatable bonds is 6. The lowest BCUT2D eigenvalue weighted by atomic mass is 9.47. The number of ether oxygens (including phenoxy) is 2.